The number of carbonyl (C=O) groups excluding carboxylic acids is 4. The smallest absolute Gasteiger partial charge is 0.331 e. The van der Waals surface area contributed by atoms with Gasteiger partial charge in [-0.25, -0.2) is 9.59 Å². The van der Waals surface area contributed by atoms with Crippen LogP contribution in [-0.4, -0.2) is 61.1 Å². The zero-order valence-corrected chi connectivity index (χ0v) is 17.5. The van der Waals surface area contributed by atoms with Gasteiger partial charge in [0, 0.05) is 0 Å². The molecular weight excluding hydrogens is 368 g/mol. The average molecular weight is 402 g/mol. The second kappa shape index (κ2) is 12.3. The monoisotopic (exact) mass is 402 g/mol. The molecule has 4 atom stereocenters. The van der Waals surface area contributed by atoms with Crippen molar-refractivity contribution in [2.24, 2.45) is 23.3 Å². The summed E-state index contributed by atoms with van der Waals surface area (Å²) < 4.78 is 9.92. The summed E-state index contributed by atoms with van der Waals surface area (Å²) in [5.74, 6) is -3.55. The van der Waals surface area contributed by atoms with Crippen molar-refractivity contribution in [3.63, 3.8) is 0 Å². The van der Waals surface area contributed by atoms with Crippen molar-refractivity contribution in [1.82, 2.24) is 10.6 Å². The molecule has 0 saturated carbocycles. The van der Waals surface area contributed by atoms with E-state index in [0.717, 1.165) is 0 Å². The highest BCUT2D eigenvalue weighted by Crippen LogP contribution is 2.07. The molecule has 10 nitrogen and oxygen atoms in total. The lowest BCUT2D eigenvalue weighted by Gasteiger charge is -2.28. The lowest BCUT2D eigenvalue weighted by molar-refractivity contribution is -0.157. The van der Waals surface area contributed by atoms with Gasteiger partial charge in [0.25, 0.3) is 0 Å². The second-order valence-electron chi connectivity index (χ2n) is 7.02. The van der Waals surface area contributed by atoms with Crippen molar-refractivity contribution < 1.29 is 28.7 Å². The third-order valence-corrected chi connectivity index (χ3v) is 4.05. The largest absolute Gasteiger partial charge is 0.464 e. The zero-order valence-electron chi connectivity index (χ0n) is 17.5. The van der Waals surface area contributed by atoms with E-state index in [1.165, 1.54) is 0 Å². The Morgan fingerprint density at radius 2 is 1.00 bits per heavy atom. The molecule has 0 bridgehead atoms. The molecule has 0 aromatic rings. The summed E-state index contributed by atoms with van der Waals surface area (Å²) >= 11 is 0. The maximum Gasteiger partial charge on any atom is 0.331 e. The van der Waals surface area contributed by atoms with Crippen LogP contribution in [0.3, 0.4) is 0 Å². The molecule has 162 valence electrons. The van der Waals surface area contributed by atoms with E-state index in [9.17, 15) is 19.2 Å². The molecular formula is C18H34N4O6. The van der Waals surface area contributed by atoms with E-state index in [4.69, 9.17) is 20.9 Å². The van der Waals surface area contributed by atoms with Crippen molar-refractivity contribution in [3.05, 3.63) is 0 Å². The summed E-state index contributed by atoms with van der Waals surface area (Å²) in [6.45, 7) is 10.1. The molecule has 0 unspecified atom stereocenters. The van der Waals surface area contributed by atoms with Crippen molar-refractivity contribution in [2.75, 3.05) is 13.2 Å². The number of nitrogens with one attached hydrogen (secondary N) is 2. The van der Waals surface area contributed by atoms with Crippen LogP contribution in [0.4, 0.5) is 0 Å². The molecule has 0 heterocycles. The SMILES string of the molecule is CCOC(=O)[C@H](NC(=O)[C@@H](N)C(C)C)[C@@H](NC(=O)[C@@H](N)C(C)C)C(=O)OCC. The molecule has 10 heteroatoms. The number of hydrogen-bond donors (Lipinski definition) is 4. The third kappa shape index (κ3) is 7.81. The lowest BCUT2D eigenvalue weighted by Crippen LogP contribution is -2.63. The molecule has 6 N–H and O–H groups in total. The second-order valence-corrected chi connectivity index (χ2v) is 7.02. The predicted octanol–water partition coefficient (Wildman–Crippen LogP) is -0.951. The summed E-state index contributed by atoms with van der Waals surface area (Å²) in [7, 11) is 0. The average Bonchev–Trinajstić information content (AvgIpc) is 2.62. The molecule has 0 aliphatic rings. The first kappa shape index (κ1) is 25.8. The Hall–Kier alpha value is -2.20. The molecule has 0 aliphatic heterocycles. The Balaban J connectivity index is 5.80. The Labute approximate surface area is 166 Å². The maximum atomic E-state index is 12.4. The van der Waals surface area contributed by atoms with Gasteiger partial charge in [-0.1, -0.05) is 27.7 Å². The van der Waals surface area contributed by atoms with Crippen molar-refractivity contribution in [1.29, 1.82) is 0 Å². The summed E-state index contributed by atoms with van der Waals surface area (Å²) in [6.07, 6.45) is 0. The standard InChI is InChI=1S/C18H34N4O6/c1-7-27-17(25)13(21-15(23)11(19)9(3)4)14(18(26)28-8-2)22-16(24)12(20)10(5)6/h9-14H,7-8,19-20H2,1-6H3,(H,21,23)(H,22,24)/t11-,12-,13+,14+/m0/s1. The van der Waals surface area contributed by atoms with Gasteiger partial charge >= 0.3 is 11.9 Å². The molecule has 0 aromatic heterocycles. The van der Waals surface area contributed by atoms with E-state index in [-0.39, 0.29) is 25.0 Å². The van der Waals surface area contributed by atoms with Gasteiger partial charge < -0.3 is 31.6 Å². The van der Waals surface area contributed by atoms with E-state index in [1.54, 1.807) is 41.5 Å². The van der Waals surface area contributed by atoms with Crippen LogP contribution in [0.2, 0.25) is 0 Å². The zero-order chi connectivity index (χ0) is 22.0. The van der Waals surface area contributed by atoms with Gasteiger partial charge in [-0.2, -0.15) is 0 Å². The van der Waals surface area contributed by atoms with Crippen LogP contribution in [0, 0.1) is 11.8 Å². The normalized spacial score (nSPS) is 15.4. The van der Waals surface area contributed by atoms with E-state index in [2.05, 4.69) is 10.6 Å². The number of amides is 2. The van der Waals surface area contributed by atoms with Crippen LogP contribution in [0.1, 0.15) is 41.5 Å². The topological polar surface area (TPSA) is 163 Å². The van der Waals surface area contributed by atoms with Gasteiger partial charge in [-0.05, 0) is 25.7 Å². The number of ether oxygens (including phenoxy) is 2. The predicted molar refractivity (Wildman–Crippen MR) is 103 cm³/mol. The molecule has 2 amide bonds. The first-order chi connectivity index (χ1) is 13.0. The van der Waals surface area contributed by atoms with Gasteiger partial charge in [0.15, 0.2) is 12.1 Å². The van der Waals surface area contributed by atoms with E-state index < -0.39 is 47.9 Å². The molecule has 28 heavy (non-hydrogen) atoms. The number of carbonyl (C=O) groups is 4. The van der Waals surface area contributed by atoms with Crippen LogP contribution in [0.5, 0.6) is 0 Å². The third-order valence-electron chi connectivity index (χ3n) is 4.05. The number of nitrogens with two attached hydrogens (primary N) is 2. The molecule has 0 saturated heterocycles. The summed E-state index contributed by atoms with van der Waals surface area (Å²) in [6, 6.07) is -4.87. The number of esters is 2. The van der Waals surface area contributed by atoms with Gasteiger partial charge in [0.05, 0.1) is 25.3 Å². The van der Waals surface area contributed by atoms with Crippen molar-refractivity contribution in [2.45, 2.75) is 65.7 Å². The fourth-order valence-electron chi connectivity index (χ4n) is 2.13. The fraction of sp³-hybridized carbons (Fsp3) is 0.778. The van der Waals surface area contributed by atoms with Crippen LogP contribution < -0.4 is 22.1 Å². The Bertz CT molecular complexity index is 504. The van der Waals surface area contributed by atoms with E-state index >= 15 is 0 Å². The van der Waals surface area contributed by atoms with Gasteiger partial charge in [0.1, 0.15) is 0 Å². The molecule has 0 aromatic carbocycles. The van der Waals surface area contributed by atoms with Gasteiger partial charge in [0.2, 0.25) is 11.8 Å². The summed E-state index contributed by atoms with van der Waals surface area (Å²) in [5, 5.41) is 4.80. The highest BCUT2D eigenvalue weighted by atomic mass is 16.5. The minimum absolute atomic E-state index is 0.0104. The van der Waals surface area contributed by atoms with Crippen LogP contribution in [0.25, 0.3) is 0 Å². The Kier molecular flexibility index (Phi) is 11.3. The maximum absolute atomic E-state index is 12.4. The molecule has 0 fully saturated rings. The number of hydrogen-bond acceptors (Lipinski definition) is 8. The summed E-state index contributed by atoms with van der Waals surface area (Å²) in [4.78, 5) is 49.6. The molecule has 0 aliphatic carbocycles. The quantitative estimate of drug-likeness (QED) is 0.321. The highest BCUT2D eigenvalue weighted by Gasteiger charge is 2.40. The first-order valence-corrected chi connectivity index (χ1v) is 9.42. The Morgan fingerprint density at radius 3 is 1.21 bits per heavy atom. The van der Waals surface area contributed by atoms with Gasteiger partial charge in [-0.3, -0.25) is 9.59 Å². The number of rotatable bonds is 11. The summed E-state index contributed by atoms with van der Waals surface area (Å²) in [5.41, 5.74) is 11.6. The van der Waals surface area contributed by atoms with Crippen LogP contribution in [0.15, 0.2) is 0 Å². The lowest BCUT2D eigenvalue weighted by atomic mass is 10.0. The molecule has 0 spiro atoms. The minimum Gasteiger partial charge on any atom is -0.464 e. The molecule has 0 rings (SSSR count). The minimum atomic E-state index is -1.51. The van der Waals surface area contributed by atoms with Crippen LogP contribution >= 0.6 is 0 Å². The van der Waals surface area contributed by atoms with E-state index in [1.807, 2.05) is 0 Å². The van der Waals surface area contributed by atoms with Crippen molar-refractivity contribution in [3.8, 4) is 0 Å². The van der Waals surface area contributed by atoms with Crippen molar-refractivity contribution >= 4 is 23.8 Å². The van der Waals surface area contributed by atoms with Crippen LogP contribution in [-0.2, 0) is 28.7 Å². The highest BCUT2D eigenvalue weighted by molar-refractivity contribution is 5.95. The Morgan fingerprint density at radius 1 is 0.714 bits per heavy atom. The molecule has 0 radical (unpaired) electrons. The van der Waals surface area contributed by atoms with Gasteiger partial charge in [-0.15, -0.1) is 0 Å². The first-order valence-electron chi connectivity index (χ1n) is 9.42. The van der Waals surface area contributed by atoms with E-state index in [0.29, 0.717) is 0 Å². The fourth-order valence-corrected chi connectivity index (χ4v) is 2.13.